The standard InChI is InChI=1S/C32H48ClNO5S/c1-5-21-25-18-20(35)12-15-32(25,4)24-13-16-31(3)22(10-11-23(31)28(24)29(21)36)19(2)14-17-39-30(37)34-40(38)27-9-7-6-8-26(27)33/h6-9,19-25,28-29,35-36H,5,10-18H2,1-4H3,(H,34,37)/t19-,20-,21-,22-,23+,24+,25?,28?,29-,31?,32+,40+/m1/s1. The number of rotatable bonds is 7. The third-order valence-corrected chi connectivity index (χ3v) is 13.7. The Kier molecular flexibility index (Phi) is 9.10. The average Bonchev–Trinajstić information content (AvgIpc) is 3.27. The van der Waals surface area contributed by atoms with E-state index < -0.39 is 17.5 Å². The van der Waals surface area contributed by atoms with Gasteiger partial charge in [-0.15, -0.1) is 4.72 Å². The highest BCUT2D eigenvalue weighted by molar-refractivity contribution is 7.90. The first-order valence-corrected chi connectivity index (χ1v) is 17.0. The molecule has 40 heavy (non-hydrogen) atoms. The Hall–Kier alpha value is -0.990. The number of nitrogens with one attached hydrogen (secondary N) is 1. The monoisotopic (exact) mass is 593 g/mol. The van der Waals surface area contributed by atoms with Crippen LogP contribution in [0.15, 0.2) is 29.2 Å². The van der Waals surface area contributed by atoms with E-state index in [0.717, 1.165) is 51.4 Å². The summed E-state index contributed by atoms with van der Waals surface area (Å²) in [5.41, 5.74) is 0.380. The number of aliphatic hydroxyl groups is 2. The van der Waals surface area contributed by atoms with Crippen LogP contribution in [-0.2, 0) is 16.1 Å². The summed E-state index contributed by atoms with van der Waals surface area (Å²) in [6, 6.07) is 6.73. The van der Waals surface area contributed by atoms with Crippen molar-refractivity contribution in [2.45, 2.75) is 103 Å². The second-order valence-corrected chi connectivity index (χ2v) is 15.4. The van der Waals surface area contributed by atoms with Gasteiger partial charge in [0.15, 0.2) is 4.90 Å². The first-order valence-electron chi connectivity index (χ1n) is 15.5. The van der Waals surface area contributed by atoms with Crippen LogP contribution in [0.5, 0.6) is 0 Å². The van der Waals surface area contributed by atoms with Crippen molar-refractivity contribution in [2.75, 3.05) is 6.61 Å². The molecule has 3 N–H and O–H groups in total. The second-order valence-electron chi connectivity index (χ2n) is 13.8. The number of halogens is 1. The van der Waals surface area contributed by atoms with E-state index in [1.54, 1.807) is 24.3 Å². The minimum atomic E-state index is -1.77. The van der Waals surface area contributed by atoms with E-state index in [4.69, 9.17) is 16.3 Å². The first-order chi connectivity index (χ1) is 19.0. The maximum Gasteiger partial charge on any atom is 0.449 e. The topological polar surface area (TPSA) is 102 Å². The van der Waals surface area contributed by atoms with E-state index in [1.807, 2.05) is 0 Å². The van der Waals surface area contributed by atoms with Crippen molar-refractivity contribution >= 4 is 29.1 Å². The highest BCUT2D eigenvalue weighted by Gasteiger charge is 2.64. The normalized spacial score (nSPS) is 42.2. The number of ether oxygens (including phenoxy) is 1. The van der Waals surface area contributed by atoms with Gasteiger partial charge in [-0.2, -0.15) is 0 Å². The number of benzene rings is 1. The van der Waals surface area contributed by atoms with E-state index in [-0.39, 0.29) is 35.6 Å². The lowest BCUT2D eigenvalue weighted by Gasteiger charge is -2.64. The van der Waals surface area contributed by atoms with Crippen molar-refractivity contribution in [1.82, 2.24) is 4.72 Å². The Morgan fingerprint density at radius 1 is 1.12 bits per heavy atom. The number of carbonyl (C=O) groups is 1. The Morgan fingerprint density at radius 3 is 2.55 bits per heavy atom. The molecule has 4 fully saturated rings. The fourth-order valence-electron chi connectivity index (χ4n) is 10.2. The molecule has 0 heterocycles. The van der Waals surface area contributed by atoms with E-state index in [2.05, 4.69) is 32.4 Å². The van der Waals surface area contributed by atoms with Gasteiger partial charge in [0.05, 0.1) is 23.8 Å². The molecule has 0 aromatic heterocycles. The van der Waals surface area contributed by atoms with Gasteiger partial charge in [0.1, 0.15) is 11.4 Å². The van der Waals surface area contributed by atoms with Crippen LogP contribution < -0.4 is 4.72 Å². The molecule has 0 spiro atoms. The quantitative estimate of drug-likeness (QED) is 0.304. The van der Waals surface area contributed by atoms with E-state index in [9.17, 15) is 19.6 Å². The Labute approximate surface area is 248 Å². The zero-order valence-corrected chi connectivity index (χ0v) is 26.1. The summed E-state index contributed by atoms with van der Waals surface area (Å²) in [6.45, 7) is 9.72. The summed E-state index contributed by atoms with van der Waals surface area (Å²) in [6.07, 6.45) is 7.98. The van der Waals surface area contributed by atoms with Gasteiger partial charge >= 0.3 is 6.09 Å². The van der Waals surface area contributed by atoms with Gasteiger partial charge in [0, 0.05) is 0 Å². The highest BCUT2D eigenvalue weighted by Crippen LogP contribution is 2.69. The number of amides is 1. The lowest BCUT2D eigenvalue weighted by atomic mass is 9.41. The number of hydrogen-bond donors (Lipinski definition) is 3. The zero-order valence-electron chi connectivity index (χ0n) is 24.5. The summed E-state index contributed by atoms with van der Waals surface area (Å²) in [4.78, 5) is 12.7. The predicted molar refractivity (Wildman–Crippen MR) is 158 cm³/mol. The molecule has 12 atom stereocenters. The molecule has 1 aromatic carbocycles. The van der Waals surface area contributed by atoms with Crippen molar-refractivity contribution in [3.8, 4) is 0 Å². The van der Waals surface area contributed by atoms with E-state index >= 15 is 0 Å². The molecule has 0 aliphatic heterocycles. The molecule has 0 saturated heterocycles. The van der Waals surface area contributed by atoms with Crippen molar-refractivity contribution in [3.05, 3.63) is 29.3 Å². The van der Waals surface area contributed by atoms with Gasteiger partial charge in [-0.05, 0) is 116 Å². The number of aliphatic hydroxyl groups excluding tert-OH is 2. The highest BCUT2D eigenvalue weighted by atomic mass is 35.5. The van der Waals surface area contributed by atoms with Gasteiger partial charge in [0.25, 0.3) is 0 Å². The maximum atomic E-state index is 12.5. The SMILES string of the molecule is CC[C@@H]1C2C[C@H](O)CC[C@@]2(C)[C@H]2CCC3(C)[C@@H]([C@H](C)CCOC(=O)N[S@@+]([O-])c4ccccc4Cl)CC[C@H]3C2[C@@H]1O. The fraction of sp³-hybridized carbons (Fsp3) is 0.781. The van der Waals surface area contributed by atoms with Crippen LogP contribution in [0.3, 0.4) is 0 Å². The Bertz CT molecular complexity index is 1060. The van der Waals surface area contributed by atoms with Crippen LogP contribution >= 0.6 is 11.6 Å². The Balaban J connectivity index is 1.21. The molecule has 6 nitrogen and oxygen atoms in total. The lowest BCUT2D eigenvalue weighted by Crippen LogP contribution is -2.62. The molecular weight excluding hydrogens is 546 g/mol. The Morgan fingerprint density at radius 2 is 1.82 bits per heavy atom. The van der Waals surface area contributed by atoms with Gasteiger partial charge < -0.3 is 19.5 Å². The number of carbonyl (C=O) groups excluding carboxylic acids is 1. The summed E-state index contributed by atoms with van der Waals surface area (Å²) < 4.78 is 20.3. The molecule has 8 heteroatoms. The molecule has 0 bridgehead atoms. The van der Waals surface area contributed by atoms with Crippen LogP contribution in [0.2, 0.25) is 5.02 Å². The van der Waals surface area contributed by atoms with Gasteiger partial charge in [-0.25, -0.2) is 4.79 Å². The first kappa shape index (κ1) is 30.5. The van der Waals surface area contributed by atoms with Crippen LogP contribution in [0.4, 0.5) is 4.79 Å². The number of fused-ring (bicyclic) bond motifs is 5. The largest absolute Gasteiger partial charge is 0.588 e. The molecule has 5 rings (SSSR count). The van der Waals surface area contributed by atoms with Crippen LogP contribution in [0, 0.1) is 52.3 Å². The van der Waals surface area contributed by atoms with Gasteiger partial charge in [0.2, 0.25) is 0 Å². The van der Waals surface area contributed by atoms with Gasteiger partial charge in [-0.1, -0.05) is 57.8 Å². The molecule has 4 aliphatic rings. The predicted octanol–water partition coefficient (Wildman–Crippen LogP) is 6.74. The van der Waals surface area contributed by atoms with E-state index in [1.165, 1.54) is 6.42 Å². The molecular formula is C32H48ClNO5S. The van der Waals surface area contributed by atoms with Crippen LogP contribution in [0.1, 0.15) is 85.5 Å². The lowest BCUT2D eigenvalue weighted by molar-refractivity contribution is -0.203. The molecule has 4 aliphatic carbocycles. The molecule has 1 aromatic rings. The molecule has 0 radical (unpaired) electrons. The van der Waals surface area contributed by atoms with E-state index in [0.29, 0.717) is 45.4 Å². The molecule has 4 saturated carbocycles. The third kappa shape index (κ3) is 5.32. The molecule has 224 valence electrons. The maximum absolute atomic E-state index is 12.5. The fourth-order valence-corrected chi connectivity index (χ4v) is 11.3. The summed E-state index contributed by atoms with van der Waals surface area (Å²) in [7, 11) is 0. The van der Waals surface area contributed by atoms with Crippen LogP contribution in [0.25, 0.3) is 0 Å². The zero-order chi connectivity index (χ0) is 28.8. The van der Waals surface area contributed by atoms with Crippen molar-refractivity contribution in [1.29, 1.82) is 0 Å². The third-order valence-electron chi connectivity index (χ3n) is 12.2. The second kappa shape index (κ2) is 11.9. The molecule has 1 amide bonds. The van der Waals surface area contributed by atoms with Crippen molar-refractivity contribution in [3.63, 3.8) is 0 Å². The summed E-state index contributed by atoms with van der Waals surface area (Å²) in [5, 5.41) is 22.7. The summed E-state index contributed by atoms with van der Waals surface area (Å²) in [5.74, 6) is 2.95. The van der Waals surface area contributed by atoms with Gasteiger partial charge in [-0.3, -0.25) is 0 Å². The minimum Gasteiger partial charge on any atom is -0.588 e. The smallest absolute Gasteiger partial charge is 0.449 e. The minimum absolute atomic E-state index is 0.172. The summed E-state index contributed by atoms with van der Waals surface area (Å²) >= 11 is 4.33. The van der Waals surface area contributed by atoms with Crippen molar-refractivity contribution in [2.24, 2.45) is 52.3 Å². The van der Waals surface area contributed by atoms with Crippen molar-refractivity contribution < 1.29 is 24.3 Å². The average molecular weight is 594 g/mol. The molecule has 3 unspecified atom stereocenters. The number of hydrogen-bond acceptors (Lipinski definition) is 5. The van der Waals surface area contributed by atoms with Crippen LogP contribution in [-0.4, -0.2) is 39.7 Å².